The fraction of sp³-hybridized carbons (Fsp3) is 0.235. The highest BCUT2D eigenvalue weighted by atomic mass is 35.5. The Labute approximate surface area is 151 Å². The zero-order chi connectivity index (χ0) is 19.3. The summed E-state index contributed by atoms with van der Waals surface area (Å²) in [6.07, 6.45) is -4.44. The number of ether oxygens (including phenoxy) is 2. The topological polar surface area (TPSA) is 72.2 Å². The van der Waals surface area contributed by atoms with Crippen LogP contribution in [0.2, 0.25) is 5.15 Å². The number of nitriles is 1. The second-order valence-corrected chi connectivity index (χ2v) is 5.34. The van der Waals surface area contributed by atoms with Gasteiger partial charge in [0.2, 0.25) is 0 Å². The van der Waals surface area contributed by atoms with Gasteiger partial charge in [-0.05, 0) is 37.3 Å². The van der Waals surface area contributed by atoms with E-state index in [0.29, 0.717) is 5.56 Å². The number of pyridine rings is 1. The Morgan fingerprint density at radius 2 is 1.96 bits per heavy atom. The number of carbonyl (C=O) groups is 1. The molecule has 0 radical (unpaired) electrons. The molecule has 0 aliphatic carbocycles. The average Bonchev–Trinajstić information content (AvgIpc) is 2.59. The van der Waals surface area contributed by atoms with Crippen LogP contribution in [0.5, 0.6) is 5.75 Å². The molecule has 1 aromatic carbocycles. The molecule has 0 aliphatic heterocycles. The smallest absolute Gasteiger partial charge is 0.422 e. The van der Waals surface area contributed by atoms with Gasteiger partial charge < -0.3 is 9.47 Å². The van der Waals surface area contributed by atoms with Gasteiger partial charge in [-0.15, -0.1) is 0 Å². The van der Waals surface area contributed by atoms with Crippen molar-refractivity contribution in [3.8, 4) is 23.1 Å². The zero-order valence-corrected chi connectivity index (χ0v) is 14.2. The van der Waals surface area contributed by atoms with E-state index in [9.17, 15) is 18.0 Å². The Morgan fingerprint density at radius 1 is 1.31 bits per heavy atom. The third kappa shape index (κ3) is 4.86. The maximum Gasteiger partial charge on any atom is 0.422 e. The Hall–Kier alpha value is -2.79. The van der Waals surface area contributed by atoms with Gasteiger partial charge in [-0.2, -0.15) is 18.4 Å². The first-order valence-electron chi connectivity index (χ1n) is 7.33. The highest BCUT2D eigenvalue weighted by Crippen LogP contribution is 2.27. The number of rotatable bonds is 5. The molecule has 0 fully saturated rings. The van der Waals surface area contributed by atoms with Crippen LogP contribution in [0.4, 0.5) is 13.2 Å². The molecule has 0 saturated heterocycles. The van der Waals surface area contributed by atoms with Gasteiger partial charge in [0, 0.05) is 5.56 Å². The van der Waals surface area contributed by atoms with Crippen molar-refractivity contribution in [2.75, 3.05) is 13.2 Å². The van der Waals surface area contributed by atoms with Crippen LogP contribution in [0.3, 0.4) is 0 Å². The number of hydrogen-bond donors (Lipinski definition) is 0. The Kier molecular flexibility index (Phi) is 6.05. The minimum Gasteiger partial charge on any atom is -0.484 e. The van der Waals surface area contributed by atoms with Gasteiger partial charge in [0.1, 0.15) is 22.5 Å². The lowest BCUT2D eigenvalue weighted by molar-refractivity contribution is -0.153. The summed E-state index contributed by atoms with van der Waals surface area (Å²) in [4.78, 5) is 16.1. The van der Waals surface area contributed by atoms with Crippen LogP contribution in [0, 0.1) is 11.3 Å². The summed E-state index contributed by atoms with van der Waals surface area (Å²) in [7, 11) is 0. The summed E-state index contributed by atoms with van der Waals surface area (Å²) in [6, 6.07) is 8.73. The summed E-state index contributed by atoms with van der Waals surface area (Å²) < 4.78 is 46.0. The molecule has 0 aliphatic rings. The minimum absolute atomic E-state index is 0.0245. The van der Waals surface area contributed by atoms with E-state index in [1.165, 1.54) is 30.3 Å². The molecule has 0 amide bonds. The molecular formula is C17H12ClF3N2O3. The van der Waals surface area contributed by atoms with Crippen LogP contribution in [0.1, 0.15) is 22.8 Å². The van der Waals surface area contributed by atoms with Crippen LogP contribution in [0.25, 0.3) is 11.3 Å². The molecule has 0 unspecified atom stereocenters. The number of nitrogens with zero attached hydrogens (tertiary/aromatic N) is 2. The molecular weight excluding hydrogens is 373 g/mol. The van der Waals surface area contributed by atoms with Crippen molar-refractivity contribution in [2.24, 2.45) is 0 Å². The molecule has 9 heteroatoms. The van der Waals surface area contributed by atoms with Crippen LogP contribution in [0.15, 0.2) is 30.3 Å². The first kappa shape index (κ1) is 19.5. The molecule has 0 bridgehead atoms. The number of aromatic nitrogens is 1. The second kappa shape index (κ2) is 8.06. The first-order chi connectivity index (χ1) is 12.2. The van der Waals surface area contributed by atoms with Crippen molar-refractivity contribution < 1.29 is 27.4 Å². The third-order valence-electron chi connectivity index (χ3n) is 3.14. The van der Waals surface area contributed by atoms with Crippen molar-refractivity contribution in [1.82, 2.24) is 4.98 Å². The van der Waals surface area contributed by atoms with Gasteiger partial charge in [-0.3, -0.25) is 0 Å². The van der Waals surface area contributed by atoms with Crippen LogP contribution >= 0.6 is 11.6 Å². The number of halogens is 4. The predicted octanol–water partition coefficient (Wildman–Crippen LogP) is 4.39. The van der Waals surface area contributed by atoms with E-state index in [1.807, 2.05) is 0 Å². The average molecular weight is 385 g/mol. The molecule has 2 aromatic rings. The van der Waals surface area contributed by atoms with Gasteiger partial charge in [0.05, 0.1) is 17.9 Å². The summed E-state index contributed by atoms with van der Waals surface area (Å²) in [5.41, 5.74) is 0.585. The van der Waals surface area contributed by atoms with E-state index < -0.39 is 18.8 Å². The van der Waals surface area contributed by atoms with E-state index >= 15 is 0 Å². The number of benzene rings is 1. The second-order valence-electron chi connectivity index (χ2n) is 4.98. The summed E-state index contributed by atoms with van der Waals surface area (Å²) in [6.45, 7) is 0.331. The van der Waals surface area contributed by atoms with Crippen molar-refractivity contribution in [3.63, 3.8) is 0 Å². The largest absolute Gasteiger partial charge is 0.484 e. The standard InChI is InChI=1S/C17H12ClF3N2O3/c1-2-25-16(24)12-7-14(23-15(18)13(12)8-22)10-3-5-11(6-4-10)26-9-17(19,20)21/h3-7H,2,9H2,1H3. The van der Waals surface area contributed by atoms with Crippen LogP contribution in [-0.4, -0.2) is 30.3 Å². The molecule has 0 saturated carbocycles. The highest BCUT2D eigenvalue weighted by molar-refractivity contribution is 6.31. The third-order valence-corrected chi connectivity index (χ3v) is 3.41. The molecule has 0 spiro atoms. The lowest BCUT2D eigenvalue weighted by atomic mass is 10.1. The van der Waals surface area contributed by atoms with Gasteiger partial charge in [-0.25, -0.2) is 9.78 Å². The molecule has 1 aromatic heterocycles. The van der Waals surface area contributed by atoms with Crippen LogP contribution < -0.4 is 4.74 Å². The van der Waals surface area contributed by atoms with Crippen molar-refractivity contribution in [3.05, 3.63) is 46.6 Å². The summed E-state index contributed by atoms with van der Waals surface area (Å²) in [5, 5.41) is 8.97. The Balaban J connectivity index is 2.34. The number of carbonyl (C=O) groups excluding carboxylic acids is 1. The molecule has 0 atom stereocenters. The first-order valence-corrected chi connectivity index (χ1v) is 7.70. The lowest BCUT2D eigenvalue weighted by Gasteiger charge is -2.11. The van der Waals surface area contributed by atoms with Gasteiger partial charge in [0.15, 0.2) is 6.61 Å². The molecule has 26 heavy (non-hydrogen) atoms. The maximum atomic E-state index is 12.2. The monoisotopic (exact) mass is 384 g/mol. The molecule has 2 rings (SSSR count). The molecule has 5 nitrogen and oxygen atoms in total. The van der Waals surface area contributed by atoms with Gasteiger partial charge >= 0.3 is 12.1 Å². The molecule has 136 valence electrons. The van der Waals surface area contributed by atoms with E-state index in [-0.39, 0.29) is 34.3 Å². The molecule has 1 heterocycles. The SMILES string of the molecule is CCOC(=O)c1cc(-c2ccc(OCC(F)(F)F)cc2)nc(Cl)c1C#N. The normalized spacial score (nSPS) is 10.9. The lowest BCUT2D eigenvalue weighted by Crippen LogP contribution is -2.19. The van der Waals surface area contributed by atoms with Crippen molar-refractivity contribution in [1.29, 1.82) is 5.26 Å². The van der Waals surface area contributed by atoms with Crippen molar-refractivity contribution in [2.45, 2.75) is 13.1 Å². The molecule has 0 N–H and O–H groups in total. The highest BCUT2D eigenvalue weighted by Gasteiger charge is 2.28. The van der Waals surface area contributed by atoms with E-state index in [0.717, 1.165) is 0 Å². The minimum atomic E-state index is -4.44. The van der Waals surface area contributed by atoms with E-state index in [4.69, 9.17) is 21.6 Å². The van der Waals surface area contributed by atoms with Crippen molar-refractivity contribution >= 4 is 17.6 Å². The summed E-state index contributed by atoms with van der Waals surface area (Å²) in [5.74, 6) is -0.698. The van der Waals surface area contributed by atoms with E-state index in [2.05, 4.69) is 9.72 Å². The zero-order valence-electron chi connectivity index (χ0n) is 13.4. The van der Waals surface area contributed by atoms with Gasteiger partial charge in [-0.1, -0.05) is 11.6 Å². The maximum absolute atomic E-state index is 12.2. The Morgan fingerprint density at radius 3 is 2.50 bits per heavy atom. The Bertz CT molecular complexity index is 846. The quantitative estimate of drug-likeness (QED) is 0.564. The fourth-order valence-corrected chi connectivity index (χ4v) is 2.26. The number of alkyl halides is 3. The number of esters is 1. The summed E-state index contributed by atoms with van der Waals surface area (Å²) >= 11 is 5.97. The number of hydrogen-bond acceptors (Lipinski definition) is 5. The van der Waals surface area contributed by atoms with Crippen LogP contribution in [-0.2, 0) is 4.74 Å². The van der Waals surface area contributed by atoms with Gasteiger partial charge in [0.25, 0.3) is 0 Å². The fourth-order valence-electron chi connectivity index (χ4n) is 2.03. The van der Waals surface area contributed by atoms with E-state index in [1.54, 1.807) is 13.0 Å². The predicted molar refractivity (Wildman–Crippen MR) is 86.9 cm³/mol.